The molecule has 0 bridgehead atoms. The van der Waals surface area contributed by atoms with Crippen LogP contribution in [0.4, 0.5) is 0 Å². The van der Waals surface area contributed by atoms with Crippen LogP contribution in [0.1, 0.15) is 181 Å². The SMILES string of the molecule is CCCCCCCCCCCCCOC(=O)C1(C(=O)OCCCCCCCCCCCCC)CCCC1. The number of carbonyl (C=O) groups excluding carboxylic acids is 2. The minimum atomic E-state index is -1.03. The first-order valence-electron chi connectivity index (χ1n) is 16.5. The number of unbranched alkanes of at least 4 members (excludes halogenated alkanes) is 20. The van der Waals surface area contributed by atoms with Crippen molar-refractivity contribution in [2.45, 2.75) is 181 Å². The summed E-state index contributed by atoms with van der Waals surface area (Å²) < 4.78 is 11.2. The highest BCUT2D eigenvalue weighted by atomic mass is 16.6. The van der Waals surface area contributed by atoms with Crippen LogP contribution in [0.2, 0.25) is 0 Å². The predicted octanol–water partition coefficient (Wildman–Crippen LogP) is 10.3. The normalized spacial score (nSPS) is 14.6. The van der Waals surface area contributed by atoms with Gasteiger partial charge in [-0.15, -0.1) is 0 Å². The fourth-order valence-electron chi connectivity index (χ4n) is 5.61. The zero-order valence-corrected chi connectivity index (χ0v) is 24.9. The molecule has 4 heteroatoms. The second-order valence-electron chi connectivity index (χ2n) is 11.6. The molecule has 37 heavy (non-hydrogen) atoms. The first-order chi connectivity index (χ1) is 18.2. The number of rotatable bonds is 26. The predicted molar refractivity (Wildman–Crippen MR) is 156 cm³/mol. The Labute approximate surface area is 230 Å². The van der Waals surface area contributed by atoms with Crippen molar-refractivity contribution in [2.75, 3.05) is 13.2 Å². The van der Waals surface area contributed by atoms with Crippen molar-refractivity contribution >= 4 is 11.9 Å². The molecule has 218 valence electrons. The summed E-state index contributed by atoms with van der Waals surface area (Å²) in [5, 5.41) is 0. The second kappa shape index (κ2) is 24.0. The summed E-state index contributed by atoms with van der Waals surface area (Å²) in [6.45, 7) is 5.39. The minimum Gasteiger partial charge on any atom is -0.465 e. The zero-order chi connectivity index (χ0) is 26.9. The highest BCUT2D eigenvalue weighted by Crippen LogP contribution is 2.40. The lowest BCUT2D eigenvalue weighted by molar-refractivity contribution is -0.172. The van der Waals surface area contributed by atoms with E-state index in [1.165, 1.54) is 116 Å². The average Bonchev–Trinajstić information content (AvgIpc) is 3.41. The van der Waals surface area contributed by atoms with Gasteiger partial charge in [-0.3, -0.25) is 9.59 Å². The van der Waals surface area contributed by atoms with Gasteiger partial charge in [-0.05, 0) is 25.7 Å². The zero-order valence-electron chi connectivity index (χ0n) is 24.9. The Hall–Kier alpha value is -1.06. The Balaban J connectivity index is 2.07. The molecule has 1 rings (SSSR count). The third-order valence-electron chi connectivity index (χ3n) is 8.20. The molecule has 1 saturated carbocycles. The molecular weight excluding hydrogens is 460 g/mol. The van der Waals surface area contributed by atoms with Crippen molar-refractivity contribution < 1.29 is 19.1 Å². The fourth-order valence-corrected chi connectivity index (χ4v) is 5.61. The van der Waals surface area contributed by atoms with E-state index in [-0.39, 0.29) is 11.9 Å². The van der Waals surface area contributed by atoms with E-state index in [2.05, 4.69) is 13.8 Å². The molecule has 4 nitrogen and oxygen atoms in total. The highest BCUT2D eigenvalue weighted by Gasteiger charge is 2.50. The molecule has 0 aliphatic heterocycles. The van der Waals surface area contributed by atoms with E-state index in [0.717, 1.165) is 38.5 Å². The van der Waals surface area contributed by atoms with Crippen LogP contribution < -0.4 is 0 Å². The van der Waals surface area contributed by atoms with Crippen LogP contribution in [0.3, 0.4) is 0 Å². The lowest BCUT2D eigenvalue weighted by Crippen LogP contribution is -2.40. The number of carbonyl (C=O) groups is 2. The van der Waals surface area contributed by atoms with Gasteiger partial charge < -0.3 is 9.47 Å². The van der Waals surface area contributed by atoms with Gasteiger partial charge in [-0.25, -0.2) is 0 Å². The van der Waals surface area contributed by atoms with E-state index in [4.69, 9.17) is 9.47 Å². The summed E-state index contributed by atoms with van der Waals surface area (Å²) in [6.07, 6.45) is 30.9. The van der Waals surface area contributed by atoms with Gasteiger partial charge in [-0.1, -0.05) is 155 Å². The van der Waals surface area contributed by atoms with E-state index < -0.39 is 5.41 Å². The van der Waals surface area contributed by atoms with Gasteiger partial charge >= 0.3 is 11.9 Å². The van der Waals surface area contributed by atoms with Gasteiger partial charge in [0.2, 0.25) is 0 Å². The van der Waals surface area contributed by atoms with E-state index in [1.807, 2.05) is 0 Å². The average molecular weight is 523 g/mol. The van der Waals surface area contributed by atoms with Crippen molar-refractivity contribution in [1.82, 2.24) is 0 Å². The van der Waals surface area contributed by atoms with Gasteiger partial charge in [-0.2, -0.15) is 0 Å². The second-order valence-corrected chi connectivity index (χ2v) is 11.6. The van der Waals surface area contributed by atoms with Gasteiger partial charge in [0, 0.05) is 0 Å². The van der Waals surface area contributed by atoms with E-state index in [9.17, 15) is 9.59 Å². The van der Waals surface area contributed by atoms with Crippen LogP contribution in [0.5, 0.6) is 0 Å². The van der Waals surface area contributed by atoms with Crippen LogP contribution in [0.15, 0.2) is 0 Å². The molecule has 1 aliphatic rings. The topological polar surface area (TPSA) is 52.6 Å². The fraction of sp³-hybridized carbons (Fsp3) is 0.939. The first kappa shape index (κ1) is 34.0. The molecule has 0 aromatic heterocycles. The number of hydrogen-bond acceptors (Lipinski definition) is 4. The molecule has 0 unspecified atom stereocenters. The minimum absolute atomic E-state index is 0.332. The van der Waals surface area contributed by atoms with Crippen molar-refractivity contribution in [3.63, 3.8) is 0 Å². The molecule has 0 heterocycles. The van der Waals surface area contributed by atoms with Crippen LogP contribution in [-0.2, 0) is 19.1 Å². The number of ether oxygens (including phenoxy) is 2. The largest absolute Gasteiger partial charge is 0.465 e. The maximum absolute atomic E-state index is 12.9. The summed E-state index contributed by atoms with van der Waals surface area (Å²) in [4.78, 5) is 25.8. The molecule has 1 fully saturated rings. The Kier molecular flexibility index (Phi) is 22.0. The first-order valence-corrected chi connectivity index (χ1v) is 16.5. The van der Waals surface area contributed by atoms with Crippen molar-refractivity contribution in [3.8, 4) is 0 Å². The molecule has 0 N–H and O–H groups in total. The number of esters is 2. The molecule has 0 saturated heterocycles. The van der Waals surface area contributed by atoms with Gasteiger partial charge in [0.05, 0.1) is 13.2 Å². The van der Waals surface area contributed by atoms with Crippen LogP contribution in [0.25, 0.3) is 0 Å². The third kappa shape index (κ3) is 16.5. The van der Waals surface area contributed by atoms with E-state index >= 15 is 0 Å². The van der Waals surface area contributed by atoms with Crippen molar-refractivity contribution in [1.29, 1.82) is 0 Å². The van der Waals surface area contributed by atoms with Crippen molar-refractivity contribution in [2.24, 2.45) is 5.41 Å². The summed E-state index contributed by atoms with van der Waals surface area (Å²) in [7, 11) is 0. The van der Waals surface area contributed by atoms with Gasteiger partial charge in [0.15, 0.2) is 5.41 Å². The Morgan fingerprint density at radius 2 is 0.730 bits per heavy atom. The molecule has 0 aromatic rings. The summed E-state index contributed by atoms with van der Waals surface area (Å²) >= 11 is 0. The molecular formula is C33H62O4. The molecule has 0 amide bonds. The highest BCUT2D eigenvalue weighted by molar-refractivity contribution is 6.00. The monoisotopic (exact) mass is 522 g/mol. The van der Waals surface area contributed by atoms with E-state index in [1.54, 1.807) is 0 Å². The summed E-state index contributed by atoms with van der Waals surface area (Å²) in [5.74, 6) is -0.665. The van der Waals surface area contributed by atoms with Gasteiger partial charge in [0.1, 0.15) is 0 Å². The lowest BCUT2D eigenvalue weighted by atomic mass is 9.86. The van der Waals surface area contributed by atoms with E-state index in [0.29, 0.717) is 26.1 Å². The van der Waals surface area contributed by atoms with Crippen LogP contribution in [-0.4, -0.2) is 25.2 Å². The van der Waals surface area contributed by atoms with Crippen LogP contribution in [0, 0.1) is 5.41 Å². The molecule has 0 radical (unpaired) electrons. The smallest absolute Gasteiger partial charge is 0.323 e. The standard InChI is InChI=1S/C33H62O4/c1-3-5-7-9-11-13-15-17-19-21-25-29-36-31(34)33(27-23-24-28-33)32(35)37-30-26-22-20-18-16-14-12-10-8-6-4-2/h3-30H2,1-2H3. The Morgan fingerprint density at radius 1 is 0.459 bits per heavy atom. The Morgan fingerprint density at radius 3 is 1.03 bits per heavy atom. The van der Waals surface area contributed by atoms with Gasteiger partial charge in [0.25, 0.3) is 0 Å². The maximum Gasteiger partial charge on any atom is 0.323 e. The molecule has 0 spiro atoms. The molecule has 0 aromatic carbocycles. The lowest BCUT2D eigenvalue weighted by Gasteiger charge is -2.24. The molecule has 0 atom stereocenters. The quantitative estimate of drug-likeness (QED) is 0.0644. The Bertz CT molecular complexity index is 496. The van der Waals surface area contributed by atoms with Crippen molar-refractivity contribution in [3.05, 3.63) is 0 Å². The third-order valence-corrected chi connectivity index (χ3v) is 8.20. The summed E-state index contributed by atoms with van der Waals surface area (Å²) in [6, 6.07) is 0. The maximum atomic E-state index is 12.9. The summed E-state index contributed by atoms with van der Waals surface area (Å²) in [5.41, 5.74) is -1.03. The van der Waals surface area contributed by atoms with Crippen LogP contribution >= 0.6 is 0 Å². The molecule has 1 aliphatic carbocycles. The number of hydrogen-bond donors (Lipinski definition) is 0.